The first-order chi connectivity index (χ1) is 10.6. The van der Waals surface area contributed by atoms with E-state index >= 15 is 0 Å². The van der Waals surface area contributed by atoms with E-state index in [1.165, 1.54) is 12.7 Å². The smallest absolute Gasteiger partial charge is 0.141 e. The van der Waals surface area contributed by atoms with Gasteiger partial charge in [-0.25, -0.2) is 4.68 Å². The number of hydrogen-bond acceptors (Lipinski definition) is 3. The molecule has 1 aromatic carbocycles. The van der Waals surface area contributed by atoms with Gasteiger partial charge in [0.25, 0.3) is 0 Å². The molecule has 0 bridgehead atoms. The van der Waals surface area contributed by atoms with Crippen LogP contribution in [0.3, 0.4) is 0 Å². The molecule has 3 aromatic rings. The molecule has 0 amide bonds. The largest absolute Gasteiger partial charge is 0.316 e. The highest BCUT2D eigenvalue weighted by atomic mass is 35.5. The van der Waals surface area contributed by atoms with E-state index in [-0.39, 0.29) is 0 Å². The molecule has 0 fully saturated rings. The maximum Gasteiger partial charge on any atom is 0.141 e. The number of rotatable bonds is 3. The van der Waals surface area contributed by atoms with Gasteiger partial charge < -0.3 is 4.57 Å². The standard InChI is InChI=1S/C15H13Cl2N5/c1-10-6-12(7-20-21-8-18-19-9-21)11(2)22(10)14-5-3-4-13(16)15(14)17/h3-9H,1-2H3/b20-7-. The highest BCUT2D eigenvalue weighted by Gasteiger charge is 2.13. The van der Waals surface area contributed by atoms with Gasteiger partial charge in [0, 0.05) is 17.0 Å². The molecular weight excluding hydrogens is 321 g/mol. The Labute approximate surface area is 137 Å². The van der Waals surface area contributed by atoms with Crippen molar-refractivity contribution >= 4 is 29.4 Å². The van der Waals surface area contributed by atoms with E-state index in [0.29, 0.717) is 10.0 Å². The SMILES string of the molecule is Cc1cc(/C=N\n2cnnc2)c(C)n1-c1cccc(Cl)c1Cl. The van der Waals surface area contributed by atoms with Gasteiger partial charge in [-0.2, -0.15) is 5.10 Å². The van der Waals surface area contributed by atoms with Gasteiger partial charge in [0.05, 0.1) is 21.9 Å². The summed E-state index contributed by atoms with van der Waals surface area (Å²) in [6.07, 6.45) is 4.83. The van der Waals surface area contributed by atoms with Crippen molar-refractivity contribution in [2.24, 2.45) is 5.10 Å². The Hall–Kier alpha value is -2.11. The van der Waals surface area contributed by atoms with Crippen LogP contribution >= 0.6 is 23.2 Å². The monoisotopic (exact) mass is 333 g/mol. The summed E-state index contributed by atoms with van der Waals surface area (Å²) in [4.78, 5) is 0. The van der Waals surface area contributed by atoms with Gasteiger partial charge >= 0.3 is 0 Å². The predicted octanol–water partition coefficient (Wildman–Crippen LogP) is 3.87. The molecule has 22 heavy (non-hydrogen) atoms. The lowest BCUT2D eigenvalue weighted by Crippen LogP contribution is -2.00. The summed E-state index contributed by atoms with van der Waals surface area (Å²) >= 11 is 12.4. The van der Waals surface area contributed by atoms with Crippen LogP contribution in [0.25, 0.3) is 5.69 Å². The van der Waals surface area contributed by atoms with Crippen LogP contribution in [0.5, 0.6) is 0 Å². The van der Waals surface area contributed by atoms with Crippen molar-refractivity contribution in [3.63, 3.8) is 0 Å². The van der Waals surface area contributed by atoms with E-state index in [1.807, 2.05) is 32.0 Å². The summed E-state index contributed by atoms with van der Waals surface area (Å²) in [6, 6.07) is 7.64. The Morgan fingerprint density at radius 1 is 1.14 bits per heavy atom. The summed E-state index contributed by atoms with van der Waals surface area (Å²) < 4.78 is 3.60. The molecule has 0 N–H and O–H groups in total. The maximum absolute atomic E-state index is 6.33. The molecule has 0 unspecified atom stereocenters. The van der Waals surface area contributed by atoms with Crippen molar-refractivity contribution in [2.75, 3.05) is 0 Å². The number of nitrogens with zero attached hydrogens (tertiary/aromatic N) is 5. The minimum atomic E-state index is 0.534. The van der Waals surface area contributed by atoms with Crippen LogP contribution in [0, 0.1) is 13.8 Å². The molecule has 0 radical (unpaired) electrons. The minimum absolute atomic E-state index is 0.534. The molecule has 0 atom stereocenters. The van der Waals surface area contributed by atoms with Gasteiger partial charge in [-0.3, -0.25) is 0 Å². The molecular formula is C15H13Cl2N5. The van der Waals surface area contributed by atoms with Crippen LogP contribution in [0.4, 0.5) is 0 Å². The Morgan fingerprint density at radius 2 is 1.86 bits per heavy atom. The first kappa shape index (κ1) is 14.8. The molecule has 2 heterocycles. The van der Waals surface area contributed by atoms with E-state index in [0.717, 1.165) is 22.6 Å². The zero-order valence-corrected chi connectivity index (χ0v) is 13.5. The second kappa shape index (κ2) is 5.94. The fraction of sp³-hybridized carbons (Fsp3) is 0.133. The number of aromatic nitrogens is 4. The first-order valence-electron chi connectivity index (χ1n) is 6.60. The van der Waals surface area contributed by atoms with E-state index in [9.17, 15) is 0 Å². The van der Waals surface area contributed by atoms with Gasteiger partial charge in [0.15, 0.2) is 0 Å². The molecule has 0 aliphatic heterocycles. The molecule has 0 saturated heterocycles. The average Bonchev–Trinajstić information content (AvgIpc) is 3.09. The summed E-state index contributed by atoms with van der Waals surface area (Å²) in [6.45, 7) is 4.03. The van der Waals surface area contributed by atoms with Crippen LogP contribution in [0.15, 0.2) is 42.0 Å². The Balaban J connectivity index is 2.05. The number of benzene rings is 1. The van der Waals surface area contributed by atoms with Crippen molar-refractivity contribution in [3.05, 3.63) is 63.9 Å². The molecule has 2 aromatic heterocycles. The summed E-state index contributed by atoms with van der Waals surface area (Å²) in [5.74, 6) is 0. The fourth-order valence-electron chi connectivity index (χ4n) is 2.34. The lowest BCUT2D eigenvalue weighted by atomic mass is 10.2. The van der Waals surface area contributed by atoms with E-state index in [2.05, 4.69) is 19.9 Å². The number of hydrogen-bond donors (Lipinski definition) is 0. The maximum atomic E-state index is 6.33. The van der Waals surface area contributed by atoms with E-state index in [1.54, 1.807) is 17.0 Å². The van der Waals surface area contributed by atoms with Gasteiger partial charge in [-0.15, -0.1) is 10.2 Å². The van der Waals surface area contributed by atoms with Crippen molar-refractivity contribution in [1.82, 2.24) is 19.4 Å². The Bertz CT molecular complexity index is 834. The third-order valence-corrected chi connectivity index (χ3v) is 4.19. The first-order valence-corrected chi connectivity index (χ1v) is 7.36. The molecule has 5 nitrogen and oxygen atoms in total. The fourth-order valence-corrected chi connectivity index (χ4v) is 2.72. The molecule has 0 spiro atoms. The quantitative estimate of drug-likeness (QED) is 0.683. The van der Waals surface area contributed by atoms with Crippen LogP contribution in [0.2, 0.25) is 10.0 Å². The summed E-state index contributed by atoms with van der Waals surface area (Å²) in [7, 11) is 0. The molecule has 112 valence electrons. The van der Waals surface area contributed by atoms with Gasteiger partial charge in [-0.05, 0) is 32.0 Å². The van der Waals surface area contributed by atoms with Crippen molar-refractivity contribution < 1.29 is 0 Å². The lowest BCUT2D eigenvalue weighted by molar-refractivity contribution is 0.877. The van der Waals surface area contributed by atoms with Crippen LogP contribution in [-0.2, 0) is 0 Å². The topological polar surface area (TPSA) is 48.0 Å². The van der Waals surface area contributed by atoms with Crippen LogP contribution < -0.4 is 0 Å². The Morgan fingerprint density at radius 3 is 2.59 bits per heavy atom. The lowest BCUT2D eigenvalue weighted by Gasteiger charge is -2.12. The highest BCUT2D eigenvalue weighted by molar-refractivity contribution is 6.43. The zero-order valence-electron chi connectivity index (χ0n) is 12.0. The number of halogens is 2. The summed E-state index contributed by atoms with van der Waals surface area (Å²) in [5, 5.41) is 12.8. The minimum Gasteiger partial charge on any atom is -0.316 e. The summed E-state index contributed by atoms with van der Waals surface area (Å²) in [5.41, 5.74) is 3.92. The average molecular weight is 334 g/mol. The third kappa shape index (κ3) is 2.65. The third-order valence-electron chi connectivity index (χ3n) is 3.38. The molecule has 7 heteroatoms. The second-order valence-corrected chi connectivity index (χ2v) is 5.61. The van der Waals surface area contributed by atoms with Crippen molar-refractivity contribution in [3.8, 4) is 5.69 Å². The molecule has 0 aliphatic carbocycles. The molecule has 0 saturated carbocycles. The van der Waals surface area contributed by atoms with Crippen LogP contribution in [-0.4, -0.2) is 25.7 Å². The highest BCUT2D eigenvalue weighted by Crippen LogP contribution is 2.31. The van der Waals surface area contributed by atoms with Crippen molar-refractivity contribution in [2.45, 2.75) is 13.8 Å². The Kier molecular flexibility index (Phi) is 4.00. The molecule has 0 aliphatic rings. The second-order valence-electron chi connectivity index (χ2n) is 4.82. The van der Waals surface area contributed by atoms with E-state index < -0.39 is 0 Å². The van der Waals surface area contributed by atoms with E-state index in [4.69, 9.17) is 23.2 Å². The van der Waals surface area contributed by atoms with Crippen LogP contribution in [0.1, 0.15) is 17.0 Å². The van der Waals surface area contributed by atoms with Gasteiger partial charge in [-0.1, -0.05) is 29.3 Å². The van der Waals surface area contributed by atoms with Crippen molar-refractivity contribution in [1.29, 1.82) is 0 Å². The predicted molar refractivity (Wildman–Crippen MR) is 88.3 cm³/mol. The van der Waals surface area contributed by atoms with Gasteiger partial charge in [0.1, 0.15) is 12.7 Å². The number of aryl methyl sites for hydroxylation is 1. The normalized spacial score (nSPS) is 11.5. The van der Waals surface area contributed by atoms with Gasteiger partial charge in [0.2, 0.25) is 0 Å². The molecule has 3 rings (SSSR count). The zero-order chi connectivity index (χ0) is 15.7.